The molecule has 0 unspecified atom stereocenters. The number of carbonyl (C=O) groups is 1. The highest BCUT2D eigenvalue weighted by Gasteiger charge is 2.21. The Morgan fingerprint density at radius 3 is 2.68 bits per heavy atom. The fourth-order valence-electron chi connectivity index (χ4n) is 3.09. The predicted octanol–water partition coefficient (Wildman–Crippen LogP) is 3.41. The summed E-state index contributed by atoms with van der Waals surface area (Å²) in [6.45, 7) is 3.72. The van der Waals surface area contributed by atoms with E-state index in [4.69, 9.17) is 0 Å². The van der Waals surface area contributed by atoms with E-state index in [1.807, 2.05) is 20.0 Å². The molecule has 0 saturated carbocycles. The highest BCUT2D eigenvalue weighted by atomic mass is 19.1. The Hall–Kier alpha value is -2.47. The predicted molar refractivity (Wildman–Crippen MR) is 97.0 cm³/mol. The summed E-state index contributed by atoms with van der Waals surface area (Å²) in [6.07, 6.45) is 3.52. The largest absolute Gasteiger partial charge is 0.325 e. The Labute approximate surface area is 147 Å². The first-order valence-corrected chi connectivity index (χ1v) is 8.51. The molecule has 1 saturated heterocycles. The van der Waals surface area contributed by atoms with Gasteiger partial charge in [-0.05, 0) is 68.8 Å². The molecule has 2 N–H and O–H groups in total. The van der Waals surface area contributed by atoms with Crippen LogP contribution in [0.5, 0.6) is 0 Å². The second-order valence-electron chi connectivity index (χ2n) is 6.47. The van der Waals surface area contributed by atoms with Gasteiger partial charge in [0.1, 0.15) is 5.82 Å². The SMILES string of the molecule is Cc1cc(F)cc(-c2ccc(NC(=O)N(C)C3CCNCC3)cn2)c1. The van der Waals surface area contributed by atoms with Crippen molar-refractivity contribution in [1.82, 2.24) is 15.2 Å². The fourth-order valence-corrected chi connectivity index (χ4v) is 3.09. The number of hydrogen-bond donors (Lipinski definition) is 2. The van der Waals surface area contributed by atoms with E-state index in [0.29, 0.717) is 11.4 Å². The zero-order valence-corrected chi connectivity index (χ0v) is 14.6. The second kappa shape index (κ2) is 7.61. The van der Waals surface area contributed by atoms with Crippen LogP contribution in [-0.2, 0) is 0 Å². The summed E-state index contributed by atoms with van der Waals surface area (Å²) >= 11 is 0. The smallest absolute Gasteiger partial charge is 0.321 e. The molecule has 0 aliphatic carbocycles. The maximum absolute atomic E-state index is 13.5. The third-order valence-corrected chi connectivity index (χ3v) is 4.53. The Balaban J connectivity index is 1.66. The van der Waals surface area contributed by atoms with Crippen molar-refractivity contribution in [3.8, 4) is 11.3 Å². The van der Waals surface area contributed by atoms with Crippen LogP contribution in [0, 0.1) is 12.7 Å². The van der Waals surface area contributed by atoms with Gasteiger partial charge in [-0.1, -0.05) is 0 Å². The van der Waals surface area contributed by atoms with Gasteiger partial charge in [0.2, 0.25) is 0 Å². The van der Waals surface area contributed by atoms with Crippen LogP contribution in [0.2, 0.25) is 0 Å². The average molecular weight is 342 g/mol. The Kier molecular flexibility index (Phi) is 5.28. The highest BCUT2D eigenvalue weighted by Crippen LogP contribution is 2.21. The third kappa shape index (κ3) is 4.33. The zero-order chi connectivity index (χ0) is 17.8. The number of hydrogen-bond acceptors (Lipinski definition) is 3. The number of aromatic nitrogens is 1. The number of nitrogens with zero attached hydrogens (tertiary/aromatic N) is 2. The number of pyridine rings is 1. The van der Waals surface area contributed by atoms with Crippen molar-refractivity contribution in [1.29, 1.82) is 0 Å². The molecule has 1 fully saturated rings. The molecule has 2 heterocycles. The van der Waals surface area contributed by atoms with Crippen molar-refractivity contribution in [2.45, 2.75) is 25.8 Å². The van der Waals surface area contributed by atoms with Gasteiger partial charge in [0.15, 0.2) is 0 Å². The summed E-state index contributed by atoms with van der Waals surface area (Å²) in [5.74, 6) is -0.280. The van der Waals surface area contributed by atoms with Crippen molar-refractivity contribution in [3.63, 3.8) is 0 Å². The van der Waals surface area contributed by atoms with Gasteiger partial charge in [0, 0.05) is 18.7 Å². The Morgan fingerprint density at radius 1 is 1.28 bits per heavy atom. The first-order chi connectivity index (χ1) is 12.0. The fraction of sp³-hybridized carbons (Fsp3) is 0.368. The molecule has 132 valence electrons. The van der Waals surface area contributed by atoms with Crippen LogP contribution in [0.15, 0.2) is 36.5 Å². The summed E-state index contributed by atoms with van der Waals surface area (Å²) in [5, 5.41) is 6.16. The molecule has 5 nitrogen and oxygen atoms in total. The first kappa shape index (κ1) is 17.4. The van der Waals surface area contributed by atoms with Gasteiger partial charge in [-0.25, -0.2) is 9.18 Å². The number of rotatable bonds is 3. The lowest BCUT2D eigenvalue weighted by molar-refractivity contribution is 0.189. The van der Waals surface area contributed by atoms with Gasteiger partial charge in [0.25, 0.3) is 0 Å². The molecule has 0 bridgehead atoms. The lowest BCUT2D eigenvalue weighted by Crippen LogP contribution is -2.45. The number of urea groups is 1. The monoisotopic (exact) mass is 342 g/mol. The molecular formula is C19H23FN4O. The Morgan fingerprint density at radius 2 is 2.04 bits per heavy atom. The number of halogens is 1. The lowest BCUT2D eigenvalue weighted by Gasteiger charge is -2.31. The summed E-state index contributed by atoms with van der Waals surface area (Å²) < 4.78 is 13.5. The zero-order valence-electron chi connectivity index (χ0n) is 14.6. The molecule has 2 amide bonds. The number of piperidine rings is 1. The molecule has 6 heteroatoms. The van der Waals surface area contributed by atoms with Crippen LogP contribution in [0.25, 0.3) is 11.3 Å². The summed E-state index contributed by atoms with van der Waals surface area (Å²) in [4.78, 5) is 18.5. The average Bonchev–Trinajstić information content (AvgIpc) is 2.61. The van der Waals surface area contributed by atoms with Crippen molar-refractivity contribution in [3.05, 3.63) is 47.9 Å². The molecule has 0 radical (unpaired) electrons. The van der Waals surface area contributed by atoms with Gasteiger partial charge in [-0.3, -0.25) is 4.98 Å². The molecule has 2 aromatic rings. The van der Waals surface area contributed by atoms with E-state index in [0.717, 1.165) is 37.1 Å². The molecule has 1 aromatic heterocycles. The number of carbonyl (C=O) groups excluding carboxylic acids is 1. The van der Waals surface area contributed by atoms with E-state index in [9.17, 15) is 9.18 Å². The maximum atomic E-state index is 13.5. The van der Waals surface area contributed by atoms with Crippen molar-refractivity contribution in [2.75, 3.05) is 25.5 Å². The van der Waals surface area contributed by atoms with E-state index in [1.54, 1.807) is 23.2 Å². The minimum atomic E-state index is -0.280. The number of anilines is 1. The number of amides is 2. The van der Waals surface area contributed by atoms with Gasteiger partial charge in [-0.15, -0.1) is 0 Å². The van der Waals surface area contributed by atoms with Crippen LogP contribution in [0.4, 0.5) is 14.9 Å². The van der Waals surface area contributed by atoms with Gasteiger partial charge < -0.3 is 15.5 Å². The standard InChI is InChI=1S/C19H23FN4O/c1-13-9-14(11-15(20)10-13)18-4-3-16(12-22-18)23-19(25)24(2)17-5-7-21-8-6-17/h3-4,9-12,17,21H,5-8H2,1-2H3,(H,23,25). The van der Waals surface area contributed by atoms with Gasteiger partial charge in [0.05, 0.1) is 17.6 Å². The highest BCUT2D eigenvalue weighted by molar-refractivity contribution is 5.89. The molecule has 1 aliphatic rings. The first-order valence-electron chi connectivity index (χ1n) is 8.51. The summed E-state index contributed by atoms with van der Waals surface area (Å²) in [6, 6.07) is 8.51. The second-order valence-corrected chi connectivity index (χ2v) is 6.47. The molecule has 0 spiro atoms. The lowest BCUT2D eigenvalue weighted by atomic mass is 10.1. The van der Waals surface area contributed by atoms with Crippen molar-refractivity contribution in [2.24, 2.45) is 0 Å². The number of nitrogens with one attached hydrogen (secondary N) is 2. The van der Waals surface area contributed by atoms with E-state index in [2.05, 4.69) is 15.6 Å². The van der Waals surface area contributed by atoms with Crippen LogP contribution < -0.4 is 10.6 Å². The Bertz CT molecular complexity index is 721. The quantitative estimate of drug-likeness (QED) is 0.899. The van der Waals surface area contributed by atoms with E-state index in [1.165, 1.54) is 12.1 Å². The summed E-state index contributed by atoms with van der Waals surface area (Å²) in [7, 11) is 1.82. The third-order valence-electron chi connectivity index (χ3n) is 4.53. The molecular weight excluding hydrogens is 319 g/mol. The van der Waals surface area contributed by atoms with Gasteiger partial charge >= 0.3 is 6.03 Å². The van der Waals surface area contributed by atoms with Gasteiger partial charge in [-0.2, -0.15) is 0 Å². The van der Waals surface area contributed by atoms with Crippen LogP contribution >= 0.6 is 0 Å². The summed E-state index contributed by atoms with van der Waals surface area (Å²) in [5.41, 5.74) is 2.87. The minimum Gasteiger partial charge on any atom is -0.325 e. The number of benzene rings is 1. The van der Waals surface area contributed by atoms with E-state index >= 15 is 0 Å². The molecule has 0 atom stereocenters. The van der Waals surface area contributed by atoms with Crippen LogP contribution in [0.1, 0.15) is 18.4 Å². The molecule has 3 rings (SSSR count). The van der Waals surface area contributed by atoms with E-state index in [-0.39, 0.29) is 17.9 Å². The van der Waals surface area contributed by atoms with Crippen molar-refractivity contribution < 1.29 is 9.18 Å². The molecule has 25 heavy (non-hydrogen) atoms. The van der Waals surface area contributed by atoms with Crippen molar-refractivity contribution >= 4 is 11.7 Å². The topological polar surface area (TPSA) is 57.3 Å². The number of aryl methyl sites for hydroxylation is 1. The van der Waals surface area contributed by atoms with Crippen LogP contribution in [-0.4, -0.2) is 42.1 Å². The van der Waals surface area contributed by atoms with Crippen LogP contribution in [0.3, 0.4) is 0 Å². The molecule has 1 aliphatic heterocycles. The maximum Gasteiger partial charge on any atom is 0.321 e. The normalized spacial score (nSPS) is 15.0. The van der Waals surface area contributed by atoms with E-state index < -0.39 is 0 Å². The molecule has 1 aromatic carbocycles. The minimum absolute atomic E-state index is 0.136.